The van der Waals surface area contributed by atoms with Crippen molar-refractivity contribution in [3.8, 4) is 0 Å². The van der Waals surface area contributed by atoms with Crippen LogP contribution in [-0.2, 0) is 9.53 Å². The molecular weight excluding hydrogens is 196 g/mol. The minimum absolute atomic E-state index is 0.160. The van der Waals surface area contributed by atoms with Crippen LogP contribution in [0.25, 0.3) is 0 Å². The zero-order chi connectivity index (χ0) is 11.5. The summed E-state index contributed by atoms with van der Waals surface area (Å²) >= 11 is 0. The standard InChI is InChI=1S/C10H16N2O3/c1-4-7-15-9(14)12-6-5-11-8(13)10(12,2)3/h4H,1,5-7H2,2-3H3,(H,11,13). The lowest BCUT2D eigenvalue weighted by Gasteiger charge is -2.40. The van der Waals surface area contributed by atoms with E-state index in [1.807, 2.05) is 0 Å². The molecule has 0 atom stereocenters. The van der Waals surface area contributed by atoms with Crippen molar-refractivity contribution in [2.24, 2.45) is 0 Å². The lowest BCUT2D eigenvalue weighted by Crippen LogP contribution is -2.63. The van der Waals surface area contributed by atoms with Gasteiger partial charge in [0.2, 0.25) is 5.91 Å². The second-order valence-corrected chi connectivity index (χ2v) is 3.83. The van der Waals surface area contributed by atoms with Gasteiger partial charge in [0.15, 0.2) is 0 Å². The summed E-state index contributed by atoms with van der Waals surface area (Å²) in [6.07, 6.45) is 1.02. The van der Waals surface area contributed by atoms with Gasteiger partial charge in [-0.15, -0.1) is 0 Å². The number of nitrogens with one attached hydrogen (secondary N) is 1. The van der Waals surface area contributed by atoms with Crippen LogP contribution in [0.4, 0.5) is 4.79 Å². The fraction of sp³-hybridized carbons (Fsp3) is 0.600. The van der Waals surface area contributed by atoms with Crippen LogP contribution in [0.1, 0.15) is 13.8 Å². The average molecular weight is 212 g/mol. The molecule has 5 heteroatoms. The average Bonchev–Trinajstić information content (AvgIpc) is 2.18. The molecule has 0 aromatic heterocycles. The Morgan fingerprint density at radius 1 is 1.73 bits per heavy atom. The minimum atomic E-state index is -0.851. The maximum Gasteiger partial charge on any atom is 0.411 e. The molecule has 0 aromatic carbocycles. The van der Waals surface area contributed by atoms with Gasteiger partial charge in [-0.25, -0.2) is 4.79 Å². The van der Waals surface area contributed by atoms with E-state index >= 15 is 0 Å². The normalized spacial score (nSPS) is 19.3. The lowest BCUT2D eigenvalue weighted by molar-refractivity contribution is -0.133. The zero-order valence-electron chi connectivity index (χ0n) is 9.08. The smallest absolute Gasteiger partial charge is 0.411 e. The van der Waals surface area contributed by atoms with Crippen LogP contribution < -0.4 is 5.32 Å². The molecule has 84 valence electrons. The van der Waals surface area contributed by atoms with Crippen LogP contribution in [-0.4, -0.2) is 42.1 Å². The van der Waals surface area contributed by atoms with E-state index in [-0.39, 0.29) is 12.5 Å². The van der Waals surface area contributed by atoms with Crippen molar-refractivity contribution in [3.63, 3.8) is 0 Å². The maximum atomic E-state index is 11.6. The van der Waals surface area contributed by atoms with E-state index < -0.39 is 11.6 Å². The highest BCUT2D eigenvalue weighted by Gasteiger charge is 2.41. The fourth-order valence-electron chi connectivity index (χ4n) is 1.43. The number of carbonyl (C=O) groups excluding carboxylic acids is 2. The number of piperazine rings is 1. The summed E-state index contributed by atoms with van der Waals surface area (Å²) < 4.78 is 4.90. The third kappa shape index (κ3) is 2.29. The summed E-state index contributed by atoms with van der Waals surface area (Å²) in [7, 11) is 0. The molecule has 1 N–H and O–H groups in total. The molecule has 1 saturated heterocycles. The van der Waals surface area contributed by atoms with Gasteiger partial charge < -0.3 is 10.1 Å². The molecule has 0 unspecified atom stereocenters. The first-order valence-corrected chi connectivity index (χ1v) is 4.83. The SMILES string of the molecule is C=CCOC(=O)N1CCNC(=O)C1(C)C. The summed E-state index contributed by atoms with van der Waals surface area (Å²) in [4.78, 5) is 24.5. The molecule has 2 amide bonds. The quantitative estimate of drug-likeness (QED) is 0.679. The summed E-state index contributed by atoms with van der Waals surface area (Å²) in [6.45, 7) is 7.93. The van der Waals surface area contributed by atoms with Crippen molar-refractivity contribution < 1.29 is 14.3 Å². The highest BCUT2D eigenvalue weighted by Crippen LogP contribution is 2.18. The van der Waals surface area contributed by atoms with Crippen molar-refractivity contribution in [1.29, 1.82) is 0 Å². The second-order valence-electron chi connectivity index (χ2n) is 3.83. The van der Waals surface area contributed by atoms with Crippen molar-refractivity contribution in [1.82, 2.24) is 10.2 Å². The summed E-state index contributed by atoms with van der Waals surface area (Å²) in [5.74, 6) is -0.163. The molecule has 0 spiro atoms. The Morgan fingerprint density at radius 2 is 2.40 bits per heavy atom. The number of ether oxygens (including phenoxy) is 1. The van der Waals surface area contributed by atoms with E-state index in [0.717, 1.165) is 0 Å². The molecule has 1 aliphatic rings. The molecule has 0 bridgehead atoms. The number of carbonyl (C=O) groups is 2. The van der Waals surface area contributed by atoms with E-state index in [2.05, 4.69) is 11.9 Å². The fourth-order valence-corrected chi connectivity index (χ4v) is 1.43. The largest absolute Gasteiger partial charge is 0.445 e. The van der Waals surface area contributed by atoms with E-state index in [4.69, 9.17) is 4.74 Å². The Hall–Kier alpha value is -1.52. The van der Waals surface area contributed by atoms with Gasteiger partial charge in [-0.05, 0) is 13.8 Å². The van der Waals surface area contributed by atoms with Crippen molar-refractivity contribution in [2.75, 3.05) is 19.7 Å². The van der Waals surface area contributed by atoms with Gasteiger partial charge in [-0.1, -0.05) is 12.7 Å². The number of nitrogens with zero attached hydrogens (tertiary/aromatic N) is 1. The predicted molar refractivity (Wildman–Crippen MR) is 55.3 cm³/mol. The van der Waals surface area contributed by atoms with Gasteiger partial charge >= 0.3 is 6.09 Å². The second kappa shape index (κ2) is 4.33. The predicted octanol–water partition coefficient (Wildman–Crippen LogP) is 0.519. The minimum Gasteiger partial charge on any atom is -0.445 e. The maximum absolute atomic E-state index is 11.6. The van der Waals surface area contributed by atoms with Gasteiger partial charge in [0.05, 0.1) is 0 Å². The van der Waals surface area contributed by atoms with Gasteiger partial charge in [-0.2, -0.15) is 0 Å². The molecule has 1 heterocycles. The Balaban J connectivity index is 2.70. The van der Waals surface area contributed by atoms with Gasteiger partial charge in [0, 0.05) is 13.1 Å². The third-order valence-electron chi connectivity index (χ3n) is 2.40. The molecular formula is C10H16N2O3. The Bertz CT molecular complexity index is 286. The number of amides is 2. The molecule has 1 aliphatic heterocycles. The number of hydrogen-bond acceptors (Lipinski definition) is 3. The Labute approximate surface area is 89.1 Å². The molecule has 0 radical (unpaired) electrons. The first kappa shape index (κ1) is 11.6. The van der Waals surface area contributed by atoms with E-state index in [1.54, 1.807) is 13.8 Å². The molecule has 15 heavy (non-hydrogen) atoms. The Kier molecular flexibility index (Phi) is 3.34. The summed E-state index contributed by atoms with van der Waals surface area (Å²) in [5, 5.41) is 2.70. The summed E-state index contributed by atoms with van der Waals surface area (Å²) in [6, 6.07) is 0. The number of rotatable bonds is 2. The van der Waals surface area contributed by atoms with Gasteiger partial charge in [-0.3, -0.25) is 9.69 Å². The van der Waals surface area contributed by atoms with Crippen molar-refractivity contribution >= 4 is 12.0 Å². The Morgan fingerprint density at radius 3 is 3.00 bits per heavy atom. The third-order valence-corrected chi connectivity index (χ3v) is 2.40. The van der Waals surface area contributed by atoms with Crippen LogP contribution in [0.15, 0.2) is 12.7 Å². The summed E-state index contributed by atoms with van der Waals surface area (Å²) in [5.41, 5.74) is -0.851. The van der Waals surface area contributed by atoms with Crippen molar-refractivity contribution in [3.05, 3.63) is 12.7 Å². The van der Waals surface area contributed by atoms with Gasteiger partial charge in [0.1, 0.15) is 12.1 Å². The highest BCUT2D eigenvalue weighted by atomic mass is 16.6. The molecule has 0 aliphatic carbocycles. The van der Waals surface area contributed by atoms with Crippen LogP contribution in [0, 0.1) is 0 Å². The zero-order valence-corrected chi connectivity index (χ0v) is 9.08. The van der Waals surface area contributed by atoms with Gasteiger partial charge in [0.25, 0.3) is 0 Å². The first-order valence-electron chi connectivity index (χ1n) is 4.83. The highest BCUT2D eigenvalue weighted by molar-refractivity contribution is 5.90. The topological polar surface area (TPSA) is 58.6 Å². The molecule has 0 saturated carbocycles. The molecule has 5 nitrogen and oxygen atoms in total. The lowest BCUT2D eigenvalue weighted by atomic mass is 10.00. The molecule has 1 fully saturated rings. The van der Waals surface area contributed by atoms with E-state index in [9.17, 15) is 9.59 Å². The molecule has 1 rings (SSSR count). The molecule has 0 aromatic rings. The van der Waals surface area contributed by atoms with E-state index in [1.165, 1.54) is 11.0 Å². The first-order chi connectivity index (χ1) is 7.00. The number of hydrogen-bond donors (Lipinski definition) is 1. The van der Waals surface area contributed by atoms with Crippen LogP contribution in [0.5, 0.6) is 0 Å². The van der Waals surface area contributed by atoms with Crippen LogP contribution in [0.3, 0.4) is 0 Å². The van der Waals surface area contributed by atoms with Crippen molar-refractivity contribution in [2.45, 2.75) is 19.4 Å². The van der Waals surface area contributed by atoms with E-state index in [0.29, 0.717) is 13.1 Å². The van der Waals surface area contributed by atoms with Crippen LogP contribution in [0.2, 0.25) is 0 Å². The monoisotopic (exact) mass is 212 g/mol. The van der Waals surface area contributed by atoms with Crippen LogP contribution >= 0.6 is 0 Å².